The third kappa shape index (κ3) is 10.7. The van der Waals surface area contributed by atoms with Crippen LogP contribution in [0.4, 0.5) is 0 Å². The highest BCUT2D eigenvalue weighted by atomic mass is 16.4. The lowest BCUT2D eigenvalue weighted by Gasteiger charge is -2.14. The van der Waals surface area contributed by atoms with Crippen molar-refractivity contribution < 1.29 is 29.7 Å². The van der Waals surface area contributed by atoms with Crippen molar-refractivity contribution in [2.45, 2.75) is 44.9 Å². The van der Waals surface area contributed by atoms with Crippen LogP contribution in [0.5, 0.6) is 0 Å². The number of aliphatic carboxylic acids is 3. The Morgan fingerprint density at radius 2 is 1.12 bits per heavy atom. The van der Waals surface area contributed by atoms with Gasteiger partial charge >= 0.3 is 17.9 Å². The summed E-state index contributed by atoms with van der Waals surface area (Å²) >= 11 is 0. The first-order chi connectivity index (χ1) is 7.91. The molecule has 0 aromatic rings. The van der Waals surface area contributed by atoms with Crippen LogP contribution in [-0.4, -0.2) is 33.2 Å². The molecule has 0 aromatic heterocycles. The van der Waals surface area contributed by atoms with Crippen LogP contribution in [0.1, 0.15) is 44.9 Å². The van der Waals surface area contributed by atoms with Crippen LogP contribution in [0, 0.1) is 5.92 Å². The summed E-state index contributed by atoms with van der Waals surface area (Å²) in [6.07, 6.45) is 1.86. The summed E-state index contributed by atoms with van der Waals surface area (Å²) in [6, 6.07) is 0. The molecule has 0 heterocycles. The fourth-order valence-electron chi connectivity index (χ4n) is 1.63. The number of carboxylic acids is 3. The lowest BCUT2D eigenvalue weighted by atomic mass is 9.92. The standard InChI is InChI=1S/C11H18O6/c12-9(13)3-1-2-8(4-6-10(14)15)5-7-11(16)17/h8H,1-7H2,(H,12,13)(H,14,15)(H,16,17). The summed E-state index contributed by atoms with van der Waals surface area (Å²) in [5.41, 5.74) is 0. The van der Waals surface area contributed by atoms with Crippen molar-refractivity contribution in [2.24, 2.45) is 5.92 Å². The van der Waals surface area contributed by atoms with Gasteiger partial charge in [0.2, 0.25) is 0 Å². The Morgan fingerprint density at radius 3 is 1.47 bits per heavy atom. The molecule has 0 unspecified atom stereocenters. The first kappa shape index (κ1) is 15.4. The van der Waals surface area contributed by atoms with E-state index in [1.165, 1.54) is 0 Å². The summed E-state index contributed by atoms with van der Waals surface area (Å²) in [4.78, 5) is 31.2. The highest BCUT2D eigenvalue weighted by Crippen LogP contribution is 2.20. The molecule has 6 heteroatoms. The zero-order valence-electron chi connectivity index (χ0n) is 9.59. The number of carboxylic acid groups (broad SMARTS) is 3. The maximum atomic E-state index is 10.4. The van der Waals surface area contributed by atoms with Crippen LogP contribution in [0.15, 0.2) is 0 Å². The molecule has 0 bridgehead atoms. The molecule has 0 atom stereocenters. The fourth-order valence-corrected chi connectivity index (χ4v) is 1.63. The molecule has 6 nitrogen and oxygen atoms in total. The average Bonchev–Trinajstić information content (AvgIpc) is 2.20. The van der Waals surface area contributed by atoms with Gasteiger partial charge in [0.25, 0.3) is 0 Å². The van der Waals surface area contributed by atoms with Crippen molar-refractivity contribution in [2.75, 3.05) is 0 Å². The summed E-state index contributed by atoms with van der Waals surface area (Å²) in [7, 11) is 0. The second kappa shape index (κ2) is 8.55. The SMILES string of the molecule is O=C(O)CCCC(CCC(=O)O)CCC(=O)O. The Balaban J connectivity index is 3.95. The van der Waals surface area contributed by atoms with Crippen molar-refractivity contribution in [3.63, 3.8) is 0 Å². The normalized spacial score (nSPS) is 10.4. The topological polar surface area (TPSA) is 112 Å². The molecule has 0 radical (unpaired) electrons. The zero-order chi connectivity index (χ0) is 13.3. The molecule has 0 saturated carbocycles. The predicted molar refractivity (Wildman–Crippen MR) is 58.7 cm³/mol. The molecule has 0 aromatic carbocycles. The highest BCUT2D eigenvalue weighted by Gasteiger charge is 2.13. The molecule has 0 aliphatic rings. The Bertz CT molecular complexity index is 255. The Kier molecular flexibility index (Phi) is 7.75. The molecule has 0 amide bonds. The first-order valence-corrected chi connectivity index (χ1v) is 5.57. The molecule has 0 rings (SSSR count). The quantitative estimate of drug-likeness (QED) is 0.539. The van der Waals surface area contributed by atoms with Crippen molar-refractivity contribution in [3.8, 4) is 0 Å². The van der Waals surface area contributed by atoms with Gasteiger partial charge < -0.3 is 15.3 Å². The van der Waals surface area contributed by atoms with Gasteiger partial charge in [-0.05, 0) is 31.6 Å². The lowest BCUT2D eigenvalue weighted by molar-refractivity contribution is -0.139. The molecule has 3 N–H and O–H groups in total. The Labute approximate surface area is 99.3 Å². The van der Waals surface area contributed by atoms with E-state index in [1.807, 2.05) is 0 Å². The highest BCUT2D eigenvalue weighted by molar-refractivity contribution is 5.67. The molecule has 17 heavy (non-hydrogen) atoms. The lowest BCUT2D eigenvalue weighted by Crippen LogP contribution is -2.08. The number of hydrogen-bond donors (Lipinski definition) is 3. The summed E-state index contributed by atoms with van der Waals surface area (Å²) in [6.45, 7) is 0. The van der Waals surface area contributed by atoms with Gasteiger partial charge in [-0.3, -0.25) is 14.4 Å². The van der Waals surface area contributed by atoms with Crippen molar-refractivity contribution in [3.05, 3.63) is 0 Å². The van der Waals surface area contributed by atoms with Gasteiger partial charge in [-0.2, -0.15) is 0 Å². The molecule has 0 aliphatic heterocycles. The number of rotatable bonds is 10. The van der Waals surface area contributed by atoms with Crippen molar-refractivity contribution >= 4 is 17.9 Å². The van der Waals surface area contributed by atoms with Gasteiger partial charge in [-0.1, -0.05) is 0 Å². The Hall–Kier alpha value is -1.59. The second-order valence-corrected chi connectivity index (χ2v) is 4.02. The minimum atomic E-state index is -0.913. The van der Waals surface area contributed by atoms with E-state index in [0.29, 0.717) is 25.7 Å². The molecular weight excluding hydrogens is 228 g/mol. The first-order valence-electron chi connectivity index (χ1n) is 5.57. The van der Waals surface area contributed by atoms with Crippen LogP contribution in [0.3, 0.4) is 0 Å². The van der Waals surface area contributed by atoms with E-state index >= 15 is 0 Å². The van der Waals surface area contributed by atoms with Gasteiger partial charge in [0.05, 0.1) is 0 Å². The van der Waals surface area contributed by atoms with E-state index in [4.69, 9.17) is 15.3 Å². The predicted octanol–water partition coefficient (Wildman–Crippen LogP) is 1.59. The number of hydrogen-bond acceptors (Lipinski definition) is 3. The van der Waals surface area contributed by atoms with Crippen LogP contribution in [0.25, 0.3) is 0 Å². The minimum absolute atomic E-state index is 0.00262. The second-order valence-electron chi connectivity index (χ2n) is 4.02. The van der Waals surface area contributed by atoms with Crippen LogP contribution in [-0.2, 0) is 14.4 Å². The summed E-state index contributed by atoms with van der Waals surface area (Å²) in [5.74, 6) is -2.74. The number of carbonyl (C=O) groups is 3. The fraction of sp³-hybridized carbons (Fsp3) is 0.727. The minimum Gasteiger partial charge on any atom is -0.481 e. The van der Waals surface area contributed by atoms with Gasteiger partial charge in [-0.15, -0.1) is 0 Å². The maximum Gasteiger partial charge on any atom is 0.303 e. The maximum absolute atomic E-state index is 10.4. The monoisotopic (exact) mass is 246 g/mol. The van der Waals surface area contributed by atoms with E-state index in [-0.39, 0.29) is 25.2 Å². The zero-order valence-corrected chi connectivity index (χ0v) is 9.59. The van der Waals surface area contributed by atoms with E-state index in [1.54, 1.807) is 0 Å². The van der Waals surface area contributed by atoms with E-state index in [2.05, 4.69) is 0 Å². The van der Waals surface area contributed by atoms with Gasteiger partial charge in [0.15, 0.2) is 0 Å². The van der Waals surface area contributed by atoms with E-state index in [9.17, 15) is 14.4 Å². The average molecular weight is 246 g/mol. The van der Waals surface area contributed by atoms with Crippen molar-refractivity contribution in [1.29, 1.82) is 0 Å². The third-order valence-electron chi connectivity index (χ3n) is 2.54. The summed E-state index contributed by atoms with van der Waals surface area (Å²) in [5, 5.41) is 25.6. The molecule has 98 valence electrons. The van der Waals surface area contributed by atoms with Crippen LogP contribution >= 0.6 is 0 Å². The molecule has 0 fully saturated rings. The Morgan fingerprint density at radius 1 is 0.706 bits per heavy atom. The van der Waals surface area contributed by atoms with Crippen LogP contribution in [0.2, 0.25) is 0 Å². The van der Waals surface area contributed by atoms with Gasteiger partial charge in [-0.25, -0.2) is 0 Å². The summed E-state index contributed by atoms with van der Waals surface area (Å²) < 4.78 is 0. The molecule has 0 saturated heterocycles. The van der Waals surface area contributed by atoms with Gasteiger partial charge in [0.1, 0.15) is 0 Å². The van der Waals surface area contributed by atoms with Crippen molar-refractivity contribution in [1.82, 2.24) is 0 Å². The van der Waals surface area contributed by atoms with Crippen LogP contribution < -0.4 is 0 Å². The largest absolute Gasteiger partial charge is 0.481 e. The molecule has 0 aliphatic carbocycles. The van der Waals surface area contributed by atoms with E-state index in [0.717, 1.165) is 0 Å². The van der Waals surface area contributed by atoms with E-state index < -0.39 is 17.9 Å². The third-order valence-corrected chi connectivity index (χ3v) is 2.54. The molecular formula is C11H18O6. The smallest absolute Gasteiger partial charge is 0.303 e. The van der Waals surface area contributed by atoms with Gasteiger partial charge in [0, 0.05) is 19.3 Å². The molecule has 0 spiro atoms.